The summed E-state index contributed by atoms with van der Waals surface area (Å²) in [7, 11) is 2.03. The SMILES string of the molecule is CCN(C)CC=CC(=O)N1CCc2c(sc3ncnc(Nc4ccc(OCc5cnccn5)c(Cl)c4)c23)C1. The molecule has 0 bridgehead atoms. The van der Waals surface area contributed by atoms with Crippen molar-refractivity contribution in [1.82, 2.24) is 29.7 Å². The molecule has 0 saturated carbocycles. The van der Waals surface area contributed by atoms with Gasteiger partial charge in [-0.15, -0.1) is 11.3 Å². The van der Waals surface area contributed by atoms with Crippen molar-refractivity contribution >= 4 is 50.6 Å². The maximum absolute atomic E-state index is 12.7. The molecular formula is C27H28ClN7O2S. The fourth-order valence-corrected chi connectivity index (χ4v) is 5.61. The third kappa shape index (κ3) is 5.93. The summed E-state index contributed by atoms with van der Waals surface area (Å²) in [6, 6.07) is 5.52. The number of amides is 1. The Morgan fingerprint density at radius 3 is 2.97 bits per heavy atom. The molecule has 196 valence electrons. The van der Waals surface area contributed by atoms with Gasteiger partial charge in [0.25, 0.3) is 0 Å². The summed E-state index contributed by atoms with van der Waals surface area (Å²) in [6.45, 7) is 5.30. The number of aromatic nitrogens is 4. The number of hydrogen-bond donors (Lipinski definition) is 1. The van der Waals surface area contributed by atoms with E-state index in [-0.39, 0.29) is 12.5 Å². The summed E-state index contributed by atoms with van der Waals surface area (Å²) in [6.07, 6.45) is 10.8. The Morgan fingerprint density at radius 2 is 2.18 bits per heavy atom. The van der Waals surface area contributed by atoms with Gasteiger partial charge < -0.3 is 19.9 Å². The molecule has 0 unspecified atom stereocenters. The highest BCUT2D eigenvalue weighted by Crippen LogP contribution is 2.38. The van der Waals surface area contributed by atoms with E-state index in [0.717, 1.165) is 51.8 Å². The number of thiophene rings is 1. The van der Waals surface area contributed by atoms with Crippen molar-refractivity contribution in [2.24, 2.45) is 0 Å². The van der Waals surface area contributed by atoms with Crippen LogP contribution in [0.25, 0.3) is 10.2 Å². The zero-order valence-corrected chi connectivity index (χ0v) is 22.8. The number of halogens is 1. The van der Waals surface area contributed by atoms with Gasteiger partial charge in [-0.25, -0.2) is 9.97 Å². The molecule has 0 fully saturated rings. The molecule has 9 nitrogen and oxygen atoms in total. The van der Waals surface area contributed by atoms with E-state index in [1.165, 1.54) is 5.56 Å². The number of carbonyl (C=O) groups is 1. The van der Waals surface area contributed by atoms with Crippen molar-refractivity contribution in [2.75, 3.05) is 32.0 Å². The molecule has 0 saturated heterocycles. The van der Waals surface area contributed by atoms with E-state index >= 15 is 0 Å². The summed E-state index contributed by atoms with van der Waals surface area (Å²) in [5.74, 6) is 1.32. The Hall–Kier alpha value is -3.60. The Morgan fingerprint density at radius 1 is 1.29 bits per heavy atom. The molecule has 11 heteroatoms. The van der Waals surface area contributed by atoms with Gasteiger partial charge in [-0.05, 0) is 43.8 Å². The minimum Gasteiger partial charge on any atom is -0.486 e. The van der Waals surface area contributed by atoms with Crippen LogP contribution in [0.15, 0.2) is 55.3 Å². The summed E-state index contributed by atoms with van der Waals surface area (Å²) < 4.78 is 5.81. The third-order valence-corrected chi connectivity index (χ3v) is 7.77. The highest BCUT2D eigenvalue weighted by atomic mass is 35.5. The van der Waals surface area contributed by atoms with Crippen molar-refractivity contribution in [3.8, 4) is 5.75 Å². The first-order valence-electron chi connectivity index (χ1n) is 12.3. The van der Waals surface area contributed by atoms with Crippen molar-refractivity contribution in [3.63, 3.8) is 0 Å². The van der Waals surface area contributed by atoms with Crippen LogP contribution in [0.1, 0.15) is 23.1 Å². The molecule has 4 aromatic rings. The van der Waals surface area contributed by atoms with Crippen LogP contribution < -0.4 is 10.1 Å². The Labute approximate surface area is 230 Å². The van der Waals surface area contributed by atoms with Gasteiger partial charge in [-0.2, -0.15) is 0 Å². The van der Waals surface area contributed by atoms with Gasteiger partial charge in [-0.3, -0.25) is 14.8 Å². The standard InChI is InChI=1S/C27H28ClN7O2S/c1-3-34(2)11-4-5-24(36)35-12-8-20-23(15-35)38-27-25(20)26(31-17-32-27)33-18-6-7-22(21(28)13-18)37-16-19-14-29-9-10-30-19/h4-7,9-10,13-14,17H,3,8,11-12,15-16H2,1-2H3,(H,31,32,33). The minimum absolute atomic E-state index is 0.0401. The molecule has 38 heavy (non-hydrogen) atoms. The normalized spacial score (nSPS) is 13.3. The second kappa shape index (κ2) is 11.8. The van der Waals surface area contributed by atoms with Gasteiger partial charge in [0.15, 0.2) is 0 Å². The van der Waals surface area contributed by atoms with Crippen LogP contribution in [0.2, 0.25) is 5.02 Å². The molecule has 1 N–H and O–H groups in total. The zero-order valence-electron chi connectivity index (χ0n) is 21.2. The van der Waals surface area contributed by atoms with Crippen LogP contribution in [0.5, 0.6) is 5.75 Å². The number of benzene rings is 1. The predicted molar refractivity (Wildman–Crippen MR) is 150 cm³/mol. The average molecular weight is 550 g/mol. The number of fused-ring (bicyclic) bond motifs is 3. The Balaban J connectivity index is 1.30. The number of rotatable bonds is 9. The highest BCUT2D eigenvalue weighted by Gasteiger charge is 2.25. The van der Waals surface area contributed by atoms with Gasteiger partial charge in [0, 0.05) is 42.1 Å². The second-order valence-electron chi connectivity index (χ2n) is 8.93. The van der Waals surface area contributed by atoms with Crippen molar-refractivity contribution in [2.45, 2.75) is 26.5 Å². The Kier molecular flexibility index (Phi) is 8.11. The van der Waals surface area contributed by atoms with Crippen LogP contribution in [-0.2, 0) is 24.4 Å². The maximum Gasteiger partial charge on any atom is 0.246 e. The topological polar surface area (TPSA) is 96.4 Å². The van der Waals surface area contributed by atoms with Gasteiger partial charge in [0.05, 0.1) is 28.8 Å². The molecule has 1 aliphatic heterocycles. The number of ether oxygens (including phenoxy) is 1. The van der Waals surface area contributed by atoms with Gasteiger partial charge in [-0.1, -0.05) is 24.6 Å². The van der Waals surface area contributed by atoms with Crippen molar-refractivity contribution in [3.05, 3.63) is 76.4 Å². The number of nitrogens with zero attached hydrogens (tertiary/aromatic N) is 6. The third-order valence-electron chi connectivity index (χ3n) is 6.35. The molecule has 1 aromatic carbocycles. The number of nitrogens with one attached hydrogen (secondary N) is 1. The summed E-state index contributed by atoms with van der Waals surface area (Å²) >= 11 is 8.12. The van der Waals surface area contributed by atoms with Gasteiger partial charge >= 0.3 is 0 Å². The number of hydrogen-bond acceptors (Lipinski definition) is 9. The molecule has 0 aliphatic carbocycles. The quantitative estimate of drug-likeness (QED) is 0.296. The van der Waals surface area contributed by atoms with Crippen molar-refractivity contribution in [1.29, 1.82) is 0 Å². The maximum atomic E-state index is 12.7. The van der Waals surface area contributed by atoms with Crippen molar-refractivity contribution < 1.29 is 9.53 Å². The highest BCUT2D eigenvalue weighted by molar-refractivity contribution is 7.19. The Bertz CT molecular complexity index is 1460. The zero-order chi connectivity index (χ0) is 26.5. The molecule has 0 spiro atoms. The van der Waals surface area contributed by atoms with Gasteiger partial charge in [0.2, 0.25) is 5.91 Å². The second-order valence-corrected chi connectivity index (χ2v) is 10.4. The van der Waals surface area contributed by atoms with Crippen LogP contribution in [0.3, 0.4) is 0 Å². The van der Waals surface area contributed by atoms with E-state index in [4.69, 9.17) is 16.3 Å². The smallest absolute Gasteiger partial charge is 0.246 e. The first kappa shape index (κ1) is 26.0. The van der Waals surface area contributed by atoms with E-state index in [1.807, 2.05) is 36.2 Å². The monoisotopic (exact) mass is 549 g/mol. The molecule has 1 amide bonds. The van der Waals surface area contributed by atoms with Crippen LogP contribution in [0.4, 0.5) is 11.5 Å². The average Bonchev–Trinajstić information content (AvgIpc) is 3.32. The van der Waals surface area contributed by atoms with E-state index in [0.29, 0.717) is 23.9 Å². The molecule has 0 radical (unpaired) electrons. The van der Waals surface area contributed by atoms with Crippen LogP contribution >= 0.6 is 22.9 Å². The number of anilines is 2. The first-order chi connectivity index (χ1) is 18.5. The van der Waals surface area contributed by atoms with Crippen LogP contribution in [0, 0.1) is 0 Å². The molecular weight excluding hydrogens is 522 g/mol. The molecule has 5 rings (SSSR count). The van der Waals surface area contributed by atoms with Crippen LogP contribution in [-0.4, -0.2) is 62.3 Å². The lowest BCUT2D eigenvalue weighted by atomic mass is 10.0. The summed E-state index contributed by atoms with van der Waals surface area (Å²) in [5, 5.41) is 4.87. The van der Waals surface area contributed by atoms with Gasteiger partial charge in [0.1, 0.15) is 29.3 Å². The fraction of sp³-hybridized carbons (Fsp3) is 0.296. The van der Waals surface area contributed by atoms with E-state index in [1.54, 1.807) is 42.3 Å². The first-order valence-corrected chi connectivity index (χ1v) is 13.5. The van der Waals surface area contributed by atoms with E-state index in [2.05, 4.69) is 37.1 Å². The molecule has 3 aromatic heterocycles. The number of likely N-dealkylation sites (N-methyl/N-ethyl adjacent to an activating group) is 1. The number of carbonyl (C=O) groups excluding carboxylic acids is 1. The fourth-order valence-electron chi connectivity index (χ4n) is 4.17. The minimum atomic E-state index is 0.0401. The molecule has 1 aliphatic rings. The predicted octanol–water partition coefficient (Wildman–Crippen LogP) is 4.85. The summed E-state index contributed by atoms with van der Waals surface area (Å²) in [4.78, 5) is 36.1. The van der Waals surface area contributed by atoms with E-state index < -0.39 is 0 Å². The lowest BCUT2D eigenvalue weighted by molar-refractivity contribution is -0.126. The van der Waals surface area contributed by atoms with E-state index in [9.17, 15) is 4.79 Å². The lowest BCUT2D eigenvalue weighted by Gasteiger charge is -2.26. The molecule has 4 heterocycles. The lowest BCUT2D eigenvalue weighted by Crippen LogP contribution is -2.34. The summed E-state index contributed by atoms with van der Waals surface area (Å²) in [5.41, 5.74) is 2.70. The largest absolute Gasteiger partial charge is 0.486 e. The molecule has 0 atom stereocenters.